The van der Waals surface area contributed by atoms with Crippen molar-refractivity contribution in [3.05, 3.63) is 53.1 Å². The molecule has 0 aromatic heterocycles. The summed E-state index contributed by atoms with van der Waals surface area (Å²) in [4.78, 5) is 72.7. The van der Waals surface area contributed by atoms with E-state index in [4.69, 9.17) is 9.47 Å². The molecule has 7 rings (SSSR count). The van der Waals surface area contributed by atoms with Gasteiger partial charge in [0, 0.05) is 25.3 Å². The zero-order valence-corrected chi connectivity index (χ0v) is 32.0. The summed E-state index contributed by atoms with van der Waals surface area (Å²) < 4.78 is 39.7. The maximum Gasteiger partial charge on any atom is 0.410 e. The van der Waals surface area contributed by atoms with Gasteiger partial charge in [-0.3, -0.25) is 28.8 Å². The third-order valence-corrected chi connectivity index (χ3v) is 14.0. The second-order valence-electron chi connectivity index (χ2n) is 16.5. The van der Waals surface area contributed by atoms with Crippen molar-refractivity contribution in [1.82, 2.24) is 14.5 Å². The van der Waals surface area contributed by atoms with Crippen LogP contribution < -0.4 is 4.72 Å². The Morgan fingerprint density at radius 3 is 2.59 bits per heavy atom. The monoisotopic (exact) mass is 763 g/mol. The fourth-order valence-corrected chi connectivity index (χ4v) is 10.0. The maximum absolute atomic E-state index is 14.5. The Morgan fingerprint density at radius 1 is 0.963 bits per heavy atom. The van der Waals surface area contributed by atoms with E-state index >= 15 is 0 Å². The number of sulfonamides is 1. The van der Waals surface area contributed by atoms with Crippen LogP contribution in [0.25, 0.3) is 6.08 Å². The van der Waals surface area contributed by atoms with E-state index in [0.717, 1.165) is 55.2 Å². The van der Waals surface area contributed by atoms with Crippen molar-refractivity contribution in [2.75, 3.05) is 13.2 Å². The number of carbonyl (C=O) groups is 5. The highest BCUT2D eigenvalue weighted by molar-refractivity contribution is 7.90. The molecule has 4 aliphatic heterocycles. The van der Waals surface area contributed by atoms with Gasteiger partial charge in [-0.05, 0) is 86.3 Å². The number of ether oxygens (including phenoxy) is 2. The first-order chi connectivity index (χ1) is 25.9. The Bertz CT molecular complexity index is 1820. The lowest BCUT2D eigenvalue weighted by molar-refractivity contribution is -0.151. The average Bonchev–Trinajstić information content (AvgIpc) is 4.02. The standard InChI is InChI=1S/C41H53N3O9S/c1-27-11-6-5-8-12-28-14-10-15-30-23-43(25-34(28)30)40(49)53-32-20-35-36(45)22-41(39(48)42-54(50,51)33-17-18-33)21-31(41)16-9-4-2-3-7-13-29(19-37(46)52-26-27)38(47)44(35)24-32/h8-10,12,14-16,27,29,31-33,35H,2-7,11,13,17-26H2,1H3,(H,42,48)/b12-8+,16-9-/t27-,29-,31-,32-,35+,41-/m1/s1. The molecule has 54 heavy (non-hydrogen) atoms. The molecule has 1 saturated heterocycles. The number of carbonyl (C=O) groups excluding carboxylic acids is 5. The number of hydrogen-bond acceptors (Lipinski definition) is 9. The Hall–Kier alpha value is -4.00. The average molecular weight is 764 g/mol. The summed E-state index contributed by atoms with van der Waals surface area (Å²) in [5.41, 5.74) is 1.89. The van der Waals surface area contributed by atoms with E-state index in [2.05, 4.69) is 16.9 Å². The van der Waals surface area contributed by atoms with Crippen molar-refractivity contribution in [2.45, 2.75) is 127 Å². The largest absolute Gasteiger partial charge is 0.465 e. The van der Waals surface area contributed by atoms with E-state index in [1.165, 1.54) is 4.90 Å². The Labute approximate surface area is 318 Å². The summed E-state index contributed by atoms with van der Waals surface area (Å²) in [6, 6.07) is 5.01. The van der Waals surface area contributed by atoms with Crippen LogP contribution in [-0.2, 0) is 51.8 Å². The fourth-order valence-electron chi connectivity index (χ4n) is 8.64. The van der Waals surface area contributed by atoms with Crippen molar-refractivity contribution < 1.29 is 41.9 Å². The minimum absolute atomic E-state index is 0.0308. The molecule has 13 heteroatoms. The van der Waals surface area contributed by atoms with Crippen LogP contribution in [0.1, 0.15) is 114 Å². The predicted molar refractivity (Wildman–Crippen MR) is 200 cm³/mol. The number of esters is 1. The summed E-state index contributed by atoms with van der Waals surface area (Å²) >= 11 is 0. The van der Waals surface area contributed by atoms with Crippen LogP contribution in [0.15, 0.2) is 36.4 Å². The molecule has 6 atom stereocenters. The van der Waals surface area contributed by atoms with Crippen LogP contribution >= 0.6 is 0 Å². The van der Waals surface area contributed by atoms with Gasteiger partial charge in [0.1, 0.15) is 6.10 Å². The molecule has 0 spiro atoms. The number of allylic oxidation sites excluding steroid dienone is 3. The Morgan fingerprint density at radius 2 is 1.78 bits per heavy atom. The van der Waals surface area contributed by atoms with Crippen LogP contribution in [0.5, 0.6) is 0 Å². The molecule has 0 radical (unpaired) electrons. The van der Waals surface area contributed by atoms with E-state index in [0.29, 0.717) is 45.2 Å². The smallest absolute Gasteiger partial charge is 0.410 e. The van der Waals surface area contributed by atoms with Gasteiger partial charge in [-0.1, -0.05) is 62.3 Å². The van der Waals surface area contributed by atoms with E-state index in [1.54, 1.807) is 4.90 Å². The number of rotatable bonds is 3. The zero-order chi connectivity index (χ0) is 38.0. The number of benzene rings is 1. The minimum Gasteiger partial charge on any atom is -0.465 e. The van der Waals surface area contributed by atoms with Crippen molar-refractivity contribution >= 4 is 45.8 Å². The molecule has 1 N–H and O–H groups in total. The van der Waals surface area contributed by atoms with Gasteiger partial charge in [-0.2, -0.15) is 0 Å². The number of cyclic esters (lactones) is 1. The first-order valence-electron chi connectivity index (χ1n) is 19.9. The molecule has 3 fully saturated rings. The van der Waals surface area contributed by atoms with Crippen molar-refractivity contribution in [3.8, 4) is 0 Å². The molecule has 2 saturated carbocycles. The van der Waals surface area contributed by atoms with Gasteiger partial charge >= 0.3 is 12.1 Å². The number of ketones is 1. The minimum atomic E-state index is -3.85. The summed E-state index contributed by atoms with van der Waals surface area (Å²) in [5.74, 6) is -2.82. The number of amides is 3. The first-order valence-corrected chi connectivity index (χ1v) is 21.4. The van der Waals surface area contributed by atoms with Crippen molar-refractivity contribution in [2.24, 2.45) is 23.2 Å². The van der Waals surface area contributed by atoms with Gasteiger partial charge in [0.15, 0.2) is 5.78 Å². The third-order valence-electron chi connectivity index (χ3n) is 12.2. The topological polar surface area (TPSA) is 156 Å². The molecule has 1 aromatic rings. The van der Waals surface area contributed by atoms with E-state index in [1.807, 2.05) is 37.3 Å². The molecular weight excluding hydrogens is 711 g/mol. The predicted octanol–water partition coefficient (Wildman–Crippen LogP) is 5.59. The van der Waals surface area contributed by atoms with E-state index in [-0.39, 0.29) is 55.9 Å². The fraction of sp³-hybridized carbons (Fsp3) is 0.634. The summed E-state index contributed by atoms with van der Waals surface area (Å²) in [6.07, 6.45) is 13.9. The van der Waals surface area contributed by atoms with E-state index in [9.17, 15) is 32.4 Å². The molecule has 3 amide bonds. The molecule has 1 aromatic carbocycles. The molecule has 12 nitrogen and oxygen atoms in total. The van der Waals surface area contributed by atoms with Gasteiger partial charge in [-0.15, -0.1) is 0 Å². The maximum atomic E-state index is 14.5. The van der Waals surface area contributed by atoms with Gasteiger partial charge in [-0.25, -0.2) is 13.2 Å². The van der Waals surface area contributed by atoms with Gasteiger partial charge in [0.05, 0.1) is 42.8 Å². The van der Waals surface area contributed by atoms with Crippen LogP contribution in [0.4, 0.5) is 4.79 Å². The molecule has 6 aliphatic rings. The lowest BCUT2D eigenvalue weighted by Gasteiger charge is -2.29. The second-order valence-corrected chi connectivity index (χ2v) is 18.4. The van der Waals surface area contributed by atoms with Crippen LogP contribution in [0.2, 0.25) is 0 Å². The quantitative estimate of drug-likeness (QED) is 0.307. The van der Waals surface area contributed by atoms with Crippen LogP contribution in [0.3, 0.4) is 0 Å². The van der Waals surface area contributed by atoms with Crippen molar-refractivity contribution in [3.63, 3.8) is 0 Å². The summed E-state index contributed by atoms with van der Waals surface area (Å²) in [7, 11) is -3.85. The third kappa shape index (κ3) is 8.61. The lowest BCUT2D eigenvalue weighted by Crippen LogP contribution is -2.46. The number of nitrogens with one attached hydrogen (secondary N) is 1. The molecule has 5 bridgehead atoms. The lowest BCUT2D eigenvalue weighted by atomic mass is 9.90. The number of fused-ring (bicyclic) bond motifs is 4. The van der Waals surface area contributed by atoms with Gasteiger partial charge in [0.2, 0.25) is 21.8 Å². The molecule has 2 aliphatic carbocycles. The zero-order valence-electron chi connectivity index (χ0n) is 31.2. The molecule has 0 unspecified atom stereocenters. The number of Topliss-reactive ketones (excluding diaryl/α,β-unsaturated/α-hetero) is 1. The number of nitrogens with zero attached hydrogens (tertiary/aromatic N) is 2. The van der Waals surface area contributed by atoms with Crippen LogP contribution in [0, 0.1) is 23.2 Å². The van der Waals surface area contributed by atoms with Gasteiger partial charge in [0.25, 0.3) is 0 Å². The highest BCUT2D eigenvalue weighted by Gasteiger charge is 2.61. The summed E-state index contributed by atoms with van der Waals surface area (Å²) in [6.45, 7) is 3.03. The SMILES string of the molecule is C[C@@H]1CCC/C=C/c2cccc3c2CN(C3)C(=O)O[C@@H]2C[C@H]3C(=O)C[C@]4(C(=O)NS(=O)(=O)C5CC5)C[C@H]4/C=C\CCCCC[C@H](CC(=O)OC1)C(=O)N3C2. The van der Waals surface area contributed by atoms with Gasteiger partial charge < -0.3 is 14.4 Å². The Balaban J connectivity index is 1.17. The second kappa shape index (κ2) is 16.0. The van der Waals surface area contributed by atoms with Crippen molar-refractivity contribution in [1.29, 1.82) is 0 Å². The summed E-state index contributed by atoms with van der Waals surface area (Å²) in [5, 5.41) is -0.600. The highest BCUT2D eigenvalue weighted by atomic mass is 32.2. The first kappa shape index (κ1) is 38.3. The normalized spacial score (nSPS) is 32.6. The van der Waals surface area contributed by atoms with Crippen LogP contribution in [-0.4, -0.2) is 78.4 Å². The molecule has 292 valence electrons. The highest BCUT2D eigenvalue weighted by Crippen LogP contribution is 2.57. The molecule has 4 heterocycles. The van der Waals surface area contributed by atoms with E-state index < -0.39 is 56.7 Å². The Kier molecular flexibility index (Phi) is 11.3. The number of hydrogen-bond donors (Lipinski definition) is 1. The molecular formula is C41H53N3O9S.